The van der Waals surface area contributed by atoms with Gasteiger partial charge in [-0.3, -0.25) is 0 Å². The largest absolute Gasteiger partial charge is 0.489 e. The van der Waals surface area contributed by atoms with Gasteiger partial charge in [0.2, 0.25) is 0 Å². The second kappa shape index (κ2) is 16.4. The smallest absolute Gasteiger partial charge is 0.172 e. The summed E-state index contributed by atoms with van der Waals surface area (Å²) in [4.78, 5) is 2.25. The van der Waals surface area contributed by atoms with E-state index in [9.17, 15) is 0 Å². The highest BCUT2D eigenvalue weighted by Gasteiger charge is 2.28. The first-order valence-electron chi connectivity index (χ1n) is 14.2. The van der Waals surface area contributed by atoms with Gasteiger partial charge in [-0.2, -0.15) is 0 Å². The Balaban J connectivity index is 1.70. The standard InChI is InChI=1S/C30H38Br2N2O2S3/c1-3-5-7-9-11-13-19-35-28-25(21-15-17-23(31)37-21)27-30(39-34-33-27)26(22-16-18-24(32)38-22)29(28)36-20-14-12-10-8-6-4-2/h15-18H,3-14,19-20H2,1-2H3. The third-order valence-electron chi connectivity index (χ3n) is 6.74. The summed E-state index contributed by atoms with van der Waals surface area (Å²) in [5.41, 5.74) is 2.94. The minimum Gasteiger partial charge on any atom is -0.489 e. The van der Waals surface area contributed by atoms with Gasteiger partial charge in [0, 0.05) is 9.75 Å². The van der Waals surface area contributed by atoms with E-state index < -0.39 is 0 Å². The molecule has 212 valence electrons. The van der Waals surface area contributed by atoms with Crippen molar-refractivity contribution >= 4 is 76.3 Å². The molecule has 4 nitrogen and oxygen atoms in total. The third-order valence-corrected chi connectivity index (χ3v) is 10.8. The molecule has 3 aromatic heterocycles. The van der Waals surface area contributed by atoms with Gasteiger partial charge in [-0.15, -0.1) is 27.8 Å². The number of benzene rings is 1. The molecule has 0 aliphatic carbocycles. The fourth-order valence-corrected chi connectivity index (χ4v) is 8.35. The monoisotopic (exact) mass is 712 g/mol. The van der Waals surface area contributed by atoms with E-state index in [1.54, 1.807) is 22.7 Å². The summed E-state index contributed by atoms with van der Waals surface area (Å²) in [7, 11) is 0. The highest BCUT2D eigenvalue weighted by atomic mass is 79.9. The van der Waals surface area contributed by atoms with E-state index in [1.165, 1.54) is 75.7 Å². The van der Waals surface area contributed by atoms with Crippen molar-refractivity contribution in [2.75, 3.05) is 13.2 Å². The molecule has 0 radical (unpaired) electrons. The van der Waals surface area contributed by atoms with E-state index in [1.807, 2.05) is 0 Å². The Morgan fingerprint density at radius 2 is 1.13 bits per heavy atom. The summed E-state index contributed by atoms with van der Waals surface area (Å²) in [6.07, 6.45) is 14.7. The maximum Gasteiger partial charge on any atom is 0.172 e. The van der Waals surface area contributed by atoms with Crippen molar-refractivity contribution in [2.45, 2.75) is 90.9 Å². The SMILES string of the molecule is CCCCCCCCOc1c(OCCCCCCCC)c(-c2ccc(Br)s2)c2snnc2c1-c1ccc(Br)s1. The van der Waals surface area contributed by atoms with Gasteiger partial charge in [0.15, 0.2) is 11.5 Å². The van der Waals surface area contributed by atoms with Crippen molar-refractivity contribution in [3.63, 3.8) is 0 Å². The van der Waals surface area contributed by atoms with Gasteiger partial charge in [-0.05, 0) is 80.5 Å². The lowest BCUT2D eigenvalue weighted by Gasteiger charge is -2.20. The van der Waals surface area contributed by atoms with E-state index in [0.29, 0.717) is 13.2 Å². The highest BCUT2D eigenvalue weighted by Crippen LogP contribution is 2.54. The highest BCUT2D eigenvalue weighted by molar-refractivity contribution is 9.11. The van der Waals surface area contributed by atoms with E-state index in [4.69, 9.17) is 9.47 Å². The van der Waals surface area contributed by atoms with Crippen LogP contribution in [0.4, 0.5) is 0 Å². The van der Waals surface area contributed by atoms with E-state index in [0.717, 1.165) is 63.0 Å². The van der Waals surface area contributed by atoms with Crippen LogP contribution in [0, 0.1) is 0 Å². The van der Waals surface area contributed by atoms with Crippen LogP contribution in [0.25, 0.3) is 31.1 Å². The van der Waals surface area contributed by atoms with Crippen molar-refractivity contribution in [2.24, 2.45) is 0 Å². The quantitative estimate of drug-likeness (QED) is 0.0963. The number of hydrogen-bond acceptors (Lipinski definition) is 7. The molecule has 39 heavy (non-hydrogen) atoms. The normalized spacial score (nSPS) is 11.5. The molecule has 3 heterocycles. The molecular formula is C30H38Br2N2O2S3. The topological polar surface area (TPSA) is 44.2 Å². The van der Waals surface area contributed by atoms with Gasteiger partial charge >= 0.3 is 0 Å². The molecule has 0 spiro atoms. The maximum absolute atomic E-state index is 6.71. The number of aromatic nitrogens is 2. The number of nitrogens with zero attached hydrogens (tertiary/aromatic N) is 2. The molecule has 0 bridgehead atoms. The first kappa shape index (κ1) is 30.9. The molecule has 0 saturated carbocycles. The van der Waals surface area contributed by atoms with Crippen molar-refractivity contribution in [1.29, 1.82) is 0 Å². The lowest BCUT2D eigenvalue weighted by Crippen LogP contribution is -2.06. The van der Waals surface area contributed by atoms with Crippen LogP contribution in [0.1, 0.15) is 90.9 Å². The van der Waals surface area contributed by atoms with Crippen molar-refractivity contribution < 1.29 is 9.47 Å². The van der Waals surface area contributed by atoms with Crippen molar-refractivity contribution in [1.82, 2.24) is 9.59 Å². The Morgan fingerprint density at radius 3 is 1.64 bits per heavy atom. The van der Waals surface area contributed by atoms with Crippen LogP contribution < -0.4 is 9.47 Å². The van der Waals surface area contributed by atoms with Crippen LogP contribution in [-0.2, 0) is 0 Å². The van der Waals surface area contributed by atoms with Crippen LogP contribution in [0.2, 0.25) is 0 Å². The van der Waals surface area contributed by atoms with E-state index in [-0.39, 0.29) is 0 Å². The summed E-state index contributed by atoms with van der Waals surface area (Å²) in [6.45, 7) is 5.85. The Kier molecular flexibility index (Phi) is 13.0. The number of thiophene rings is 2. The molecule has 0 atom stereocenters. The minimum absolute atomic E-state index is 0.662. The minimum atomic E-state index is 0.662. The molecule has 0 aliphatic rings. The molecule has 4 aromatic rings. The Labute approximate surface area is 261 Å². The van der Waals surface area contributed by atoms with Crippen molar-refractivity contribution in [3.05, 3.63) is 31.8 Å². The second-order valence-electron chi connectivity index (χ2n) is 9.80. The summed E-state index contributed by atoms with van der Waals surface area (Å²) in [6, 6.07) is 8.47. The molecule has 0 saturated heterocycles. The van der Waals surface area contributed by atoms with Gasteiger partial charge in [0.25, 0.3) is 0 Å². The molecule has 0 unspecified atom stereocenters. The predicted molar refractivity (Wildman–Crippen MR) is 177 cm³/mol. The molecule has 0 fully saturated rings. The van der Waals surface area contributed by atoms with Crippen LogP contribution in [0.5, 0.6) is 11.5 Å². The number of rotatable bonds is 18. The number of halogens is 2. The Bertz CT molecular complexity index is 1200. The zero-order chi connectivity index (χ0) is 27.5. The van der Waals surface area contributed by atoms with Crippen LogP contribution in [0.3, 0.4) is 0 Å². The summed E-state index contributed by atoms with van der Waals surface area (Å²) in [5.74, 6) is 1.64. The van der Waals surface area contributed by atoms with Gasteiger partial charge in [-0.25, -0.2) is 0 Å². The van der Waals surface area contributed by atoms with Gasteiger partial charge < -0.3 is 9.47 Å². The predicted octanol–water partition coefficient (Wildman–Crippen LogP) is 12.2. The molecule has 1 aromatic carbocycles. The zero-order valence-electron chi connectivity index (χ0n) is 22.9. The van der Waals surface area contributed by atoms with Crippen LogP contribution in [-0.4, -0.2) is 22.8 Å². The molecular weight excluding hydrogens is 676 g/mol. The number of ether oxygens (including phenoxy) is 2. The van der Waals surface area contributed by atoms with Crippen LogP contribution >= 0.6 is 66.1 Å². The second-order valence-corrected chi connectivity index (χ2v) is 15.5. The average Bonchev–Trinajstić information content (AvgIpc) is 3.69. The first-order valence-corrected chi connectivity index (χ1v) is 18.2. The van der Waals surface area contributed by atoms with Crippen molar-refractivity contribution in [3.8, 4) is 32.4 Å². The molecule has 0 aliphatic heterocycles. The van der Waals surface area contributed by atoms with Gasteiger partial charge in [-0.1, -0.05) is 82.5 Å². The van der Waals surface area contributed by atoms with Gasteiger partial charge in [0.1, 0.15) is 5.52 Å². The van der Waals surface area contributed by atoms with Gasteiger partial charge in [0.05, 0.1) is 36.6 Å². The number of fused-ring (bicyclic) bond motifs is 1. The number of hydrogen-bond donors (Lipinski definition) is 0. The zero-order valence-corrected chi connectivity index (χ0v) is 28.5. The third kappa shape index (κ3) is 8.51. The van der Waals surface area contributed by atoms with E-state index in [2.05, 4.69) is 79.6 Å². The Morgan fingerprint density at radius 1 is 0.641 bits per heavy atom. The molecule has 4 rings (SSSR count). The fraction of sp³-hybridized carbons (Fsp3) is 0.533. The summed E-state index contributed by atoms with van der Waals surface area (Å²) >= 11 is 12.2. The molecule has 0 N–H and O–H groups in total. The Hall–Kier alpha value is -1.000. The lowest BCUT2D eigenvalue weighted by atomic mass is 10.0. The molecule has 0 amide bonds. The van der Waals surface area contributed by atoms with E-state index >= 15 is 0 Å². The first-order chi connectivity index (χ1) is 19.1. The maximum atomic E-state index is 6.71. The summed E-state index contributed by atoms with van der Waals surface area (Å²) < 4.78 is 21.0. The lowest BCUT2D eigenvalue weighted by molar-refractivity contribution is 0.261. The number of unbranched alkanes of at least 4 members (excludes halogenated alkanes) is 10. The van der Waals surface area contributed by atoms with Crippen LogP contribution in [0.15, 0.2) is 31.8 Å². The summed E-state index contributed by atoms with van der Waals surface area (Å²) in [5, 5.41) is 4.63. The fourth-order valence-electron chi connectivity index (χ4n) is 4.69. The average molecular weight is 715 g/mol. The molecule has 9 heteroatoms.